The third kappa shape index (κ3) is 10.1. The Morgan fingerprint density at radius 1 is 0.729 bits per heavy atom. The van der Waals surface area contributed by atoms with E-state index in [1.54, 1.807) is 25.3 Å². The van der Waals surface area contributed by atoms with Crippen LogP contribution in [0.25, 0.3) is 28.0 Å². The fourth-order valence-corrected chi connectivity index (χ4v) is 18.0. The molecule has 6 aliphatic carbocycles. The molecular weight excluding hydrogens is 1060 g/mol. The van der Waals surface area contributed by atoms with E-state index in [0.29, 0.717) is 62.9 Å². The van der Waals surface area contributed by atoms with Crippen LogP contribution in [-0.4, -0.2) is 76.1 Å². The van der Waals surface area contributed by atoms with Gasteiger partial charge in [-0.3, -0.25) is 9.59 Å². The fraction of sp³-hybridized carbons (Fsp3) is 0.405. The average molecular weight is 1140 g/mol. The number of fused-ring (bicyclic) bond motifs is 5. The maximum absolute atomic E-state index is 17.0. The predicted molar refractivity (Wildman–Crippen MR) is 328 cm³/mol. The van der Waals surface area contributed by atoms with Crippen LogP contribution in [0, 0.1) is 34.5 Å². The lowest BCUT2D eigenvalue weighted by atomic mass is 9.40. The zero-order chi connectivity index (χ0) is 58.8. The van der Waals surface area contributed by atoms with Crippen LogP contribution in [0.15, 0.2) is 152 Å². The molecule has 4 saturated carbocycles. The van der Waals surface area contributed by atoms with Crippen molar-refractivity contribution >= 4 is 28.8 Å². The summed E-state index contributed by atoms with van der Waals surface area (Å²) in [6.45, 7) is 1.45. The van der Waals surface area contributed by atoms with E-state index in [1.165, 1.54) is 14.0 Å². The number of benzene rings is 7. The number of aliphatic hydroxyl groups excluding tert-OH is 2. The van der Waals surface area contributed by atoms with Crippen LogP contribution in [0.4, 0.5) is 0 Å². The molecule has 0 bridgehead atoms. The van der Waals surface area contributed by atoms with E-state index < -0.39 is 47.1 Å². The fourth-order valence-electron chi connectivity index (χ4n) is 18.0. The molecule has 11 heteroatoms. The maximum Gasteiger partial charge on any atom is 0.317 e. The summed E-state index contributed by atoms with van der Waals surface area (Å²) in [6, 6.07) is 47.5. The van der Waals surface area contributed by atoms with Crippen molar-refractivity contribution < 1.29 is 54.1 Å². The van der Waals surface area contributed by atoms with Crippen molar-refractivity contribution in [3.63, 3.8) is 0 Å². The summed E-state index contributed by atoms with van der Waals surface area (Å²) in [6.07, 6.45) is 10.1. The molecule has 440 valence electrons. The van der Waals surface area contributed by atoms with Gasteiger partial charge in [-0.2, -0.15) is 0 Å². The number of aromatic hydroxyl groups is 3. The summed E-state index contributed by atoms with van der Waals surface area (Å²) in [5, 5.41) is 61.0. The second-order valence-electron chi connectivity index (χ2n) is 26.0. The molecule has 0 amide bonds. The molecule has 7 aromatic carbocycles. The Bertz CT molecular complexity index is 3650. The number of aliphatic hydroxyl groups is 2. The van der Waals surface area contributed by atoms with Crippen molar-refractivity contribution in [2.24, 2.45) is 34.5 Å². The molecule has 0 aliphatic heterocycles. The van der Waals surface area contributed by atoms with E-state index in [9.17, 15) is 30.3 Å². The van der Waals surface area contributed by atoms with Gasteiger partial charge >= 0.3 is 11.9 Å². The Kier molecular flexibility index (Phi) is 15.1. The molecule has 11 nitrogen and oxygen atoms in total. The molecule has 6 aliphatic rings. The Hall–Kier alpha value is -7.60. The molecule has 5 N–H and O–H groups in total. The number of phenolic OH excluding ortho intramolecular Hbond substituents is 3. The van der Waals surface area contributed by atoms with E-state index in [-0.39, 0.29) is 64.6 Å². The monoisotopic (exact) mass is 1140 g/mol. The van der Waals surface area contributed by atoms with Crippen molar-refractivity contribution in [2.75, 3.05) is 14.2 Å². The zero-order valence-corrected chi connectivity index (χ0v) is 48.9. The number of carbonyl (C=O) groups is 2. The second-order valence-corrected chi connectivity index (χ2v) is 26.0. The van der Waals surface area contributed by atoms with Gasteiger partial charge in [0.1, 0.15) is 18.0 Å². The van der Waals surface area contributed by atoms with Crippen molar-refractivity contribution in [1.82, 2.24) is 0 Å². The quantitative estimate of drug-likeness (QED) is 0.0656. The summed E-state index contributed by atoms with van der Waals surface area (Å²) < 4.78 is 26.0. The van der Waals surface area contributed by atoms with Gasteiger partial charge < -0.3 is 44.5 Å². The number of carbonyl (C=O) groups excluding carboxylic acids is 2. The van der Waals surface area contributed by atoms with Gasteiger partial charge in [-0.25, -0.2) is 0 Å². The van der Waals surface area contributed by atoms with Crippen LogP contribution >= 0.6 is 0 Å². The molecule has 0 aromatic heterocycles. The first kappa shape index (κ1) is 56.5. The molecule has 0 unspecified atom stereocenters. The Morgan fingerprint density at radius 3 is 2.15 bits per heavy atom. The number of rotatable bonds is 14. The topological polar surface area (TPSA) is 172 Å². The summed E-state index contributed by atoms with van der Waals surface area (Å²) in [5.41, 5.74) is 6.17. The number of hydrogen-bond donors (Lipinski definition) is 5. The third-order valence-corrected chi connectivity index (χ3v) is 21.4. The molecule has 4 fully saturated rings. The smallest absolute Gasteiger partial charge is 0.317 e. The molecule has 12 atom stereocenters. The van der Waals surface area contributed by atoms with Gasteiger partial charge in [0.15, 0.2) is 23.0 Å². The predicted octanol–water partition coefficient (Wildman–Crippen LogP) is 13.9. The first-order valence-electron chi connectivity index (χ1n) is 30.8. The van der Waals surface area contributed by atoms with E-state index >= 15 is 4.79 Å². The van der Waals surface area contributed by atoms with Crippen molar-refractivity contribution in [3.05, 3.63) is 191 Å². The van der Waals surface area contributed by atoms with Gasteiger partial charge in [0.25, 0.3) is 0 Å². The lowest BCUT2D eigenvalue weighted by molar-refractivity contribution is -0.179. The van der Waals surface area contributed by atoms with Crippen molar-refractivity contribution in [1.29, 1.82) is 0 Å². The first-order valence-corrected chi connectivity index (χ1v) is 30.8. The van der Waals surface area contributed by atoms with Crippen LogP contribution in [0.2, 0.25) is 0 Å². The molecule has 85 heavy (non-hydrogen) atoms. The first-order chi connectivity index (χ1) is 41.2. The highest BCUT2D eigenvalue weighted by Gasteiger charge is 2.66. The summed E-state index contributed by atoms with van der Waals surface area (Å²) >= 11 is 0. The van der Waals surface area contributed by atoms with Crippen molar-refractivity contribution in [2.45, 2.75) is 138 Å². The third-order valence-electron chi connectivity index (χ3n) is 21.4. The number of hydrogen-bond acceptors (Lipinski definition) is 11. The van der Waals surface area contributed by atoms with Gasteiger partial charge in [-0.05, 0) is 209 Å². The van der Waals surface area contributed by atoms with Crippen LogP contribution < -0.4 is 9.47 Å². The van der Waals surface area contributed by atoms with Gasteiger partial charge in [0.05, 0.1) is 31.8 Å². The Labute approximate surface area is 498 Å². The molecule has 0 radical (unpaired) electrons. The van der Waals surface area contributed by atoms with E-state index in [2.05, 4.69) is 36.4 Å². The summed E-state index contributed by atoms with van der Waals surface area (Å²) in [4.78, 5) is 31.0. The number of esters is 2. The highest BCUT2D eigenvalue weighted by molar-refractivity contribution is 5.99. The summed E-state index contributed by atoms with van der Waals surface area (Å²) in [5.74, 6) is -2.12. The van der Waals surface area contributed by atoms with Crippen molar-refractivity contribution in [3.8, 4) is 39.9 Å². The van der Waals surface area contributed by atoms with Crippen LogP contribution in [0.3, 0.4) is 0 Å². The number of ether oxygens (including phenoxy) is 4. The molecule has 1 spiro atoms. The van der Waals surface area contributed by atoms with Crippen LogP contribution in [-0.2, 0) is 43.7 Å². The molecule has 13 rings (SSSR count). The molecule has 0 heterocycles. The Balaban J connectivity index is 0.999. The lowest BCUT2D eigenvalue weighted by Crippen LogP contribution is -2.62. The van der Waals surface area contributed by atoms with Gasteiger partial charge in [-0.1, -0.05) is 128 Å². The number of methoxy groups -OCH3 is 2. The zero-order valence-electron chi connectivity index (χ0n) is 48.9. The van der Waals surface area contributed by atoms with Gasteiger partial charge in [-0.15, -0.1) is 0 Å². The minimum absolute atomic E-state index is 0.00342. The normalized spacial score (nSPS) is 28.4. The lowest BCUT2D eigenvalue weighted by Gasteiger charge is -2.64. The van der Waals surface area contributed by atoms with Crippen LogP contribution in [0.1, 0.15) is 128 Å². The molecular formula is C74H78O11. The van der Waals surface area contributed by atoms with Crippen LogP contribution in [0.5, 0.6) is 28.7 Å². The SMILES string of the molecule is COc1cc2c(cc1O)[C@@H]1C[C@H](O)[C@H]3Cc4cc(O)c(OC)cc4[C@H]4C[C@H](OC(=O)[C@@]5(c6ccc7cc(O)cc(-c8ccccc8)c7c6)CC6(CCCC6)C[C@@H]5CC[C@H](O)Cc5ccccc5)C[C@@H](OC(C)=O)[C@@H](C2)[C@]1(/C=C/c1ccccc1)[C@H]34. The standard InChI is InChI=1S/C74H78O11/c1-44(75)84-67-38-55(37-60-58-40-69(83-3)65(79)33-49(58)31-61-64(78)41-62-59-39-66(80)68(82-2)34-50(59)32-63(67)73(62,70(60)61)28-25-45-15-7-4-8-16-45)85-71(81)74(51-22-21-48-30-54(77)36-57(56(48)35-51)47-19-11-6-12-20-47)43-72(26-13-14-27-72)42-52(74)23-24-53(76)29-46-17-9-5-10-18-46/h4-12,15-22,25,28,30,33-36,39-40,52-53,55,60-64,67,70,76-80H,13-14,23-24,26-27,29,31-32,37-38,41-43H2,1-3H3/b28-25+/t52-,53-,55-,60+,61+,62-,63+,64-,67+,70-,73+,74+/m0/s1. The second kappa shape index (κ2) is 22.7. The number of allylic oxidation sites excluding steroid dienone is 1. The Morgan fingerprint density at radius 2 is 1.42 bits per heavy atom. The van der Waals surface area contributed by atoms with E-state index in [4.69, 9.17) is 18.9 Å². The molecule has 7 aromatic rings. The maximum atomic E-state index is 17.0. The van der Waals surface area contributed by atoms with E-state index in [0.717, 1.165) is 92.9 Å². The minimum Gasteiger partial charge on any atom is -0.508 e. The van der Waals surface area contributed by atoms with Gasteiger partial charge in [0.2, 0.25) is 0 Å². The molecule has 0 saturated heterocycles. The summed E-state index contributed by atoms with van der Waals surface area (Å²) in [7, 11) is 3.08. The van der Waals surface area contributed by atoms with Gasteiger partial charge in [0, 0.05) is 24.7 Å². The largest absolute Gasteiger partial charge is 0.508 e. The van der Waals surface area contributed by atoms with E-state index in [1.807, 2.05) is 103 Å². The highest BCUT2D eigenvalue weighted by atomic mass is 16.6. The highest BCUT2D eigenvalue weighted by Crippen LogP contribution is 2.70. The number of phenols is 3. The minimum atomic E-state index is -1.19. The average Bonchev–Trinajstić information content (AvgIpc) is 1.60.